The smallest absolute Gasteiger partial charge is 0.222 e. The Balaban J connectivity index is 1.47. The number of ether oxygens (including phenoxy) is 3. The lowest BCUT2D eigenvalue weighted by Crippen LogP contribution is -2.31. The molecule has 0 N–H and O–H groups in total. The van der Waals surface area contributed by atoms with Crippen LogP contribution >= 0.6 is 0 Å². The maximum atomic E-state index is 12.4. The Labute approximate surface area is 177 Å². The number of benzene rings is 1. The first-order chi connectivity index (χ1) is 14.6. The minimum absolute atomic E-state index is 0.0695. The van der Waals surface area contributed by atoms with Crippen LogP contribution in [0.15, 0.2) is 22.6 Å². The third kappa shape index (κ3) is 6.19. The highest BCUT2D eigenvalue weighted by molar-refractivity contribution is 5.75. The SMILES string of the molecule is COc1ccc(OC)c(Cc2nnc(CCC(=O)N(C)CCC3CCCCO3)o2)c1. The molecule has 1 fully saturated rings. The molecule has 3 rings (SSSR count). The molecule has 1 aliphatic rings. The lowest BCUT2D eigenvalue weighted by molar-refractivity contribution is -0.130. The second-order valence-corrected chi connectivity index (χ2v) is 7.54. The summed E-state index contributed by atoms with van der Waals surface area (Å²) < 4.78 is 22.1. The van der Waals surface area contributed by atoms with Gasteiger partial charge >= 0.3 is 0 Å². The van der Waals surface area contributed by atoms with Gasteiger partial charge < -0.3 is 23.5 Å². The number of aromatic nitrogens is 2. The van der Waals surface area contributed by atoms with Gasteiger partial charge in [-0.25, -0.2) is 0 Å². The van der Waals surface area contributed by atoms with Crippen LogP contribution in [0.25, 0.3) is 0 Å². The largest absolute Gasteiger partial charge is 0.497 e. The summed E-state index contributed by atoms with van der Waals surface area (Å²) in [7, 11) is 5.07. The fraction of sp³-hybridized carbons (Fsp3) is 0.591. The van der Waals surface area contributed by atoms with E-state index in [1.165, 1.54) is 6.42 Å². The zero-order chi connectivity index (χ0) is 21.3. The van der Waals surface area contributed by atoms with Gasteiger partial charge in [0.15, 0.2) is 0 Å². The van der Waals surface area contributed by atoms with Gasteiger partial charge in [-0.1, -0.05) is 0 Å². The van der Waals surface area contributed by atoms with Crippen molar-refractivity contribution in [3.8, 4) is 11.5 Å². The molecule has 0 bridgehead atoms. The van der Waals surface area contributed by atoms with E-state index in [4.69, 9.17) is 18.6 Å². The highest BCUT2D eigenvalue weighted by Crippen LogP contribution is 2.26. The van der Waals surface area contributed by atoms with Crippen LogP contribution in [-0.2, 0) is 22.4 Å². The Kier molecular flexibility index (Phi) is 8.07. The number of nitrogens with zero attached hydrogens (tertiary/aromatic N) is 3. The van der Waals surface area contributed by atoms with Crippen LogP contribution in [0.4, 0.5) is 0 Å². The molecule has 0 spiro atoms. The van der Waals surface area contributed by atoms with Gasteiger partial charge in [-0.2, -0.15) is 0 Å². The van der Waals surface area contributed by atoms with E-state index in [0.717, 1.165) is 42.9 Å². The van der Waals surface area contributed by atoms with Gasteiger partial charge in [0, 0.05) is 38.6 Å². The van der Waals surface area contributed by atoms with Crippen molar-refractivity contribution in [1.82, 2.24) is 15.1 Å². The van der Waals surface area contributed by atoms with Crippen LogP contribution in [-0.4, -0.2) is 61.5 Å². The summed E-state index contributed by atoms with van der Waals surface area (Å²) in [5.74, 6) is 2.48. The molecule has 2 aromatic rings. The maximum Gasteiger partial charge on any atom is 0.222 e. The number of carbonyl (C=O) groups is 1. The zero-order valence-corrected chi connectivity index (χ0v) is 18.1. The summed E-state index contributed by atoms with van der Waals surface area (Å²) >= 11 is 0. The number of amides is 1. The van der Waals surface area contributed by atoms with E-state index in [0.29, 0.717) is 37.6 Å². The average molecular weight is 418 g/mol. The minimum Gasteiger partial charge on any atom is -0.497 e. The van der Waals surface area contributed by atoms with Gasteiger partial charge in [0.2, 0.25) is 17.7 Å². The number of hydrogen-bond donors (Lipinski definition) is 0. The minimum atomic E-state index is 0.0695. The van der Waals surface area contributed by atoms with Crippen LogP contribution in [0, 0.1) is 0 Å². The van der Waals surface area contributed by atoms with Gasteiger partial charge in [0.1, 0.15) is 11.5 Å². The first-order valence-electron chi connectivity index (χ1n) is 10.5. The Morgan fingerprint density at radius 3 is 2.77 bits per heavy atom. The average Bonchev–Trinajstić information content (AvgIpc) is 3.23. The molecule has 1 saturated heterocycles. The van der Waals surface area contributed by atoms with E-state index in [-0.39, 0.29) is 12.0 Å². The lowest BCUT2D eigenvalue weighted by Gasteiger charge is -2.25. The van der Waals surface area contributed by atoms with Crippen molar-refractivity contribution >= 4 is 5.91 Å². The summed E-state index contributed by atoms with van der Waals surface area (Å²) in [5, 5.41) is 8.19. The summed E-state index contributed by atoms with van der Waals surface area (Å²) in [6.07, 6.45) is 5.80. The first-order valence-corrected chi connectivity index (χ1v) is 10.5. The van der Waals surface area contributed by atoms with Crippen molar-refractivity contribution in [3.63, 3.8) is 0 Å². The molecule has 1 aliphatic heterocycles. The van der Waals surface area contributed by atoms with Crippen molar-refractivity contribution in [2.24, 2.45) is 0 Å². The van der Waals surface area contributed by atoms with E-state index in [9.17, 15) is 4.79 Å². The number of methoxy groups -OCH3 is 2. The Morgan fingerprint density at radius 1 is 1.20 bits per heavy atom. The maximum absolute atomic E-state index is 12.4. The quantitative estimate of drug-likeness (QED) is 0.587. The number of hydrogen-bond acceptors (Lipinski definition) is 7. The van der Waals surface area contributed by atoms with Crippen LogP contribution in [0.1, 0.15) is 49.4 Å². The van der Waals surface area contributed by atoms with Crippen molar-refractivity contribution in [2.75, 3.05) is 34.4 Å². The van der Waals surface area contributed by atoms with Crippen LogP contribution in [0.3, 0.4) is 0 Å². The molecule has 1 aromatic heterocycles. The Morgan fingerprint density at radius 2 is 2.03 bits per heavy atom. The highest BCUT2D eigenvalue weighted by Gasteiger charge is 2.17. The summed E-state index contributed by atoms with van der Waals surface area (Å²) in [5.41, 5.74) is 0.896. The third-order valence-electron chi connectivity index (χ3n) is 5.38. The molecule has 1 atom stereocenters. The zero-order valence-electron chi connectivity index (χ0n) is 18.1. The van der Waals surface area contributed by atoms with Crippen molar-refractivity contribution in [2.45, 2.75) is 51.0 Å². The number of rotatable bonds is 10. The van der Waals surface area contributed by atoms with E-state index in [2.05, 4.69) is 10.2 Å². The Bertz CT molecular complexity index is 817. The van der Waals surface area contributed by atoms with E-state index in [1.807, 2.05) is 25.2 Å². The van der Waals surface area contributed by atoms with E-state index in [1.54, 1.807) is 19.1 Å². The molecule has 164 valence electrons. The molecule has 8 heteroatoms. The van der Waals surface area contributed by atoms with Crippen molar-refractivity contribution in [1.29, 1.82) is 0 Å². The molecule has 0 radical (unpaired) electrons. The lowest BCUT2D eigenvalue weighted by atomic mass is 10.1. The number of carbonyl (C=O) groups excluding carboxylic acids is 1. The van der Waals surface area contributed by atoms with Gasteiger partial charge in [-0.05, 0) is 43.9 Å². The van der Waals surface area contributed by atoms with Crippen LogP contribution < -0.4 is 9.47 Å². The normalized spacial score (nSPS) is 16.3. The third-order valence-corrected chi connectivity index (χ3v) is 5.38. The predicted octanol–water partition coefficient (Wildman–Crippen LogP) is 3.03. The molecule has 8 nitrogen and oxygen atoms in total. The van der Waals surface area contributed by atoms with Gasteiger partial charge in [-0.15, -0.1) is 10.2 Å². The fourth-order valence-corrected chi connectivity index (χ4v) is 3.55. The molecular weight excluding hydrogens is 386 g/mol. The Hall–Kier alpha value is -2.61. The van der Waals surface area contributed by atoms with Crippen molar-refractivity contribution < 1.29 is 23.4 Å². The molecule has 30 heavy (non-hydrogen) atoms. The monoisotopic (exact) mass is 417 g/mol. The predicted molar refractivity (Wildman–Crippen MR) is 111 cm³/mol. The van der Waals surface area contributed by atoms with E-state index >= 15 is 0 Å². The van der Waals surface area contributed by atoms with Crippen LogP contribution in [0.5, 0.6) is 11.5 Å². The summed E-state index contributed by atoms with van der Waals surface area (Å²) in [6.45, 7) is 1.54. The topological polar surface area (TPSA) is 86.9 Å². The highest BCUT2D eigenvalue weighted by atomic mass is 16.5. The standard InChI is InChI=1S/C22H31N3O5/c1-25(12-11-17-6-4-5-13-29-17)22(26)10-9-20-23-24-21(30-20)15-16-14-18(27-2)7-8-19(16)28-3/h7-8,14,17H,4-6,9-13,15H2,1-3H3. The molecule has 1 unspecified atom stereocenters. The molecule has 1 aromatic carbocycles. The number of aryl methyl sites for hydroxylation is 1. The van der Waals surface area contributed by atoms with Gasteiger partial charge in [0.05, 0.1) is 26.7 Å². The molecule has 2 heterocycles. The molecule has 1 amide bonds. The van der Waals surface area contributed by atoms with Gasteiger partial charge in [0.25, 0.3) is 0 Å². The van der Waals surface area contributed by atoms with Crippen molar-refractivity contribution in [3.05, 3.63) is 35.5 Å². The molecular formula is C22H31N3O5. The molecule has 0 aliphatic carbocycles. The van der Waals surface area contributed by atoms with Crippen LogP contribution in [0.2, 0.25) is 0 Å². The summed E-state index contributed by atoms with van der Waals surface area (Å²) in [6, 6.07) is 5.57. The van der Waals surface area contributed by atoms with Gasteiger partial charge in [-0.3, -0.25) is 4.79 Å². The fourth-order valence-electron chi connectivity index (χ4n) is 3.55. The molecule has 0 saturated carbocycles. The first kappa shape index (κ1) is 22.1. The second-order valence-electron chi connectivity index (χ2n) is 7.54. The summed E-state index contributed by atoms with van der Waals surface area (Å²) in [4.78, 5) is 14.2. The second kappa shape index (κ2) is 11.0. The van der Waals surface area contributed by atoms with E-state index < -0.39 is 0 Å².